The molecule has 100 valence electrons. The number of benzene rings is 1. The predicted molar refractivity (Wildman–Crippen MR) is 77.3 cm³/mol. The average molecular weight is 287 g/mol. The molecule has 3 aromatic rings. The molecule has 20 heavy (non-hydrogen) atoms. The summed E-state index contributed by atoms with van der Waals surface area (Å²) in [4.78, 5) is 15.4. The summed E-state index contributed by atoms with van der Waals surface area (Å²) in [6.07, 6.45) is 3.15. The Morgan fingerprint density at radius 3 is 2.60 bits per heavy atom. The molecule has 0 aliphatic rings. The lowest BCUT2D eigenvalue weighted by molar-refractivity contribution is 0.0689. The number of carbonyl (C=O) groups is 1. The number of carboxylic acids is 1. The van der Waals surface area contributed by atoms with Crippen LogP contribution in [0.2, 0.25) is 5.02 Å². The monoisotopic (exact) mass is 286 g/mol. The lowest BCUT2D eigenvalue weighted by Gasteiger charge is -2.07. The van der Waals surface area contributed by atoms with E-state index >= 15 is 0 Å². The van der Waals surface area contributed by atoms with E-state index < -0.39 is 5.97 Å². The Morgan fingerprint density at radius 2 is 1.95 bits per heavy atom. The van der Waals surface area contributed by atoms with Gasteiger partial charge in [0.2, 0.25) is 0 Å². The van der Waals surface area contributed by atoms with Crippen LogP contribution < -0.4 is 0 Å². The minimum Gasteiger partial charge on any atom is -0.477 e. The van der Waals surface area contributed by atoms with Gasteiger partial charge in [-0.05, 0) is 41.8 Å². The van der Waals surface area contributed by atoms with Crippen LogP contribution in [0.4, 0.5) is 0 Å². The van der Waals surface area contributed by atoms with Crippen molar-refractivity contribution < 1.29 is 9.90 Å². The first kappa shape index (κ1) is 12.7. The molecule has 0 aliphatic heterocycles. The van der Waals surface area contributed by atoms with Crippen LogP contribution in [0.1, 0.15) is 16.1 Å². The molecule has 2 aromatic heterocycles. The highest BCUT2D eigenvalue weighted by atomic mass is 35.5. The molecule has 0 atom stereocenters. The van der Waals surface area contributed by atoms with Crippen molar-refractivity contribution in [3.63, 3.8) is 0 Å². The maximum atomic E-state index is 11.2. The van der Waals surface area contributed by atoms with Gasteiger partial charge in [-0.3, -0.25) is 4.40 Å². The molecule has 1 N–H and O–H groups in total. The molecule has 4 nitrogen and oxygen atoms in total. The number of pyridine rings is 1. The van der Waals surface area contributed by atoms with Gasteiger partial charge in [0.05, 0.1) is 6.20 Å². The summed E-state index contributed by atoms with van der Waals surface area (Å²) in [5.41, 5.74) is 3.63. The summed E-state index contributed by atoms with van der Waals surface area (Å²) in [7, 11) is 0. The highest BCUT2D eigenvalue weighted by Crippen LogP contribution is 2.24. The van der Waals surface area contributed by atoms with Crippen LogP contribution in [0.5, 0.6) is 0 Å². The first-order valence-electron chi connectivity index (χ1n) is 6.03. The van der Waals surface area contributed by atoms with Crippen LogP contribution in [0.3, 0.4) is 0 Å². The lowest BCUT2D eigenvalue weighted by atomic mass is 10.1. The van der Waals surface area contributed by atoms with E-state index in [4.69, 9.17) is 11.6 Å². The van der Waals surface area contributed by atoms with E-state index in [0.29, 0.717) is 10.7 Å². The zero-order valence-electron chi connectivity index (χ0n) is 10.7. The molecule has 0 saturated heterocycles. The van der Waals surface area contributed by atoms with Crippen molar-refractivity contribution in [3.8, 4) is 11.1 Å². The Kier molecular flexibility index (Phi) is 2.95. The van der Waals surface area contributed by atoms with Gasteiger partial charge in [0.1, 0.15) is 5.65 Å². The van der Waals surface area contributed by atoms with Gasteiger partial charge in [0.15, 0.2) is 5.69 Å². The number of hydrogen-bond donors (Lipinski definition) is 1. The van der Waals surface area contributed by atoms with Gasteiger partial charge in [-0.25, -0.2) is 9.78 Å². The van der Waals surface area contributed by atoms with E-state index in [-0.39, 0.29) is 5.69 Å². The molecular formula is C15H11ClN2O2. The third kappa shape index (κ3) is 2.04. The molecule has 0 fully saturated rings. The Morgan fingerprint density at radius 1 is 1.25 bits per heavy atom. The number of nitrogens with zero attached hydrogens (tertiary/aromatic N) is 2. The van der Waals surface area contributed by atoms with Gasteiger partial charge in [-0.15, -0.1) is 0 Å². The number of aromatic nitrogens is 2. The zero-order valence-corrected chi connectivity index (χ0v) is 11.4. The van der Waals surface area contributed by atoms with Gasteiger partial charge < -0.3 is 5.11 Å². The molecule has 0 radical (unpaired) electrons. The number of aromatic carboxylic acids is 1. The number of halogens is 1. The van der Waals surface area contributed by atoms with Crippen molar-refractivity contribution in [2.24, 2.45) is 0 Å². The van der Waals surface area contributed by atoms with E-state index in [1.807, 2.05) is 37.3 Å². The van der Waals surface area contributed by atoms with Crippen molar-refractivity contribution in [2.45, 2.75) is 6.92 Å². The quantitative estimate of drug-likeness (QED) is 0.782. The standard InChI is InChI=1S/C15H11ClN2O2/c1-9-6-11(10-2-4-12(16)5-3-10)8-18-13(15(19)20)7-17-14(9)18/h2-8H,1H3,(H,19,20). The third-order valence-corrected chi connectivity index (χ3v) is 3.44. The van der Waals surface area contributed by atoms with Crippen LogP contribution >= 0.6 is 11.6 Å². The molecule has 3 rings (SSSR count). The van der Waals surface area contributed by atoms with E-state index in [9.17, 15) is 9.90 Å². The molecule has 0 saturated carbocycles. The van der Waals surface area contributed by atoms with Crippen LogP contribution in [-0.4, -0.2) is 20.5 Å². The maximum absolute atomic E-state index is 11.2. The minimum absolute atomic E-state index is 0.152. The molecule has 0 bridgehead atoms. The molecule has 0 unspecified atom stereocenters. The molecule has 5 heteroatoms. The first-order chi connectivity index (χ1) is 9.56. The van der Waals surface area contributed by atoms with Crippen molar-refractivity contribution in [1.82, 2.24) is 9.38 Å². The molecule has 1 aromatic carbocycles. The maximum Gasteiger partial charge on any atom is 0.354 e. The molecule has 2 heterocycles. The highest BCUT2D eigenvalue weighted by molar-refractivity contribution is 6.30. The van der Waals surface area contributed by atoms with Crippen molar-refractivity contribution >= 4 is 23.2 Å². The van der Waals surface area contributed by atoms with Gasteiger partial charge in [-0.2, -0.15) is 0 Å². The summed E-state index contributed by atoms with van der Waals surface area (Å²) >= 11 is 5.88. The number of aryl methyl sites for hydroxylation is 1. The minimum atomic E-state index is -0.995. The Labute approximate surface area is 120 Å². The van der Waals surface area contributed by atoms with Crippen LogP contribution in [0.25, 0.3) is 16.8 Å². The van der Waals surface area contributed by atoms with E-state index in [0.717, 1.165) is 16.7 Å². The zero-order chi connectivity index (χ0) is 14.3. The van der Waals surface area contributed by atoms with Crippen molar-refractivity contribution in [1.29, 1.82) is 0 Å². The largest absolute Gasteiger partial charge is 0.477 e. The van der Waals surface area contributed by atoms with Crippen molar-refractivity contribution in [2.75, 3.05) is 0 Å². The van der Waals surface area contributed by atoms with Crippen LogP contribution in [0, 0.1) is 6.92 Å². The summed E-state index contributed by atoms with van der Waals surface area (Å²) < 4.78 is 1.60. The number of imidazole rings is 1. The number of fused-ring (bicyclic) bond motifs is 1. The van der Waals surface area contributed by atoms with Gasteiger partial charge in [0.25, 0.3) is 0 Å². The van der Waals surface area contributed by atoms with E-state index in [1.165, 1.54) is 6.20 Å². The summed E-state index contributed by atoms with van der Waals surface area (Å²) in [6, 6.07) is 9.41. The summed E-state index contributed by atoms with van der Waals surface area (Å²) in [5.74, 6) is -0.995. The second-order valence-electron chi connectivity index (χ2n) is 4.56. The topological polar surface area (TPSA) is 54.6 Å². The fourth-order valence-electron chi connectivity index (χ4n) is 2.22. The van der Waals surface area contributed by atoms with Gasteiger partial charge in [0, 0.05) is 11.2 Å². The summed E-state index contributed by atoms with van der Waals surface area (Å²) in [6.45, 7) is 1.91. The van der Waals surface area contributed by atoms with E-state index in [2.05, 4.69) is 4.98 Å². The van der Waals surface area contributed by atoms with E-state index in [1.54, 1.807) is 10.6 Å². The molecule has 0 amide bonds. The fraction of sp³-hybridized carbons (Fsp3) is 0.0667. The predicted octanol–water partition coefficient (Wildman–Crippen LogP) is 3.66. The number of rotatable bonds is 2. The number of hydrogen-bond acceptors (Lipinski definition) is 2. The van der Waals surface area contributed by atoms with Crippen LogP contribution in [0.15, 0.2) is 42.7 Å². The Bertz CT molecular complexity index is 807. The Hall–Kier alpha value is -2.33. The second kappa shape index (κ2) is 4.65. The first-order valence-corrected chi connectivity index (χ1v) is 6.41. The highest BCUT2D eigenvalue weighted by Gasteiger charge is 2.13. The molecule has 0 aliphatic carbocycles. The van der Waals surface area contributed by atoms with Crippen molar-refractivity contribution in [3.05, 3.63) is 59.0 Å². The fourth-order valence-corrected chi connectivity index (χ4v) is 2.34. The third-order valence-electron chi connectivity index (χ3n) is 3.19. The lowest BCUT2D eigenvalue weighted by Crippen LogP contribution is -2.02. The summed E-state index contributed by atoms with van der Waals surface area (Å²) in [5, 5.41) is 9.85. The second-order valence-corrected chi connectivity index (χ2v) is 5.00. The van der Waals surface area contributed by atoms with Gasteiger partial charge in [-0.1, -0.05) is 23.7 Å². The number of carboxylic acid groups (broad SMARTS) is 1. The molecule has 0 spiro atoms. The normalized spacial score (nSPS) is 10.9. The smallest absolute Gasteiger partial charge is 0.354 e. The van der Waals surface area contributed by atoms with Crippen LogP contribution in [-0.2, 0) is 0 Å². The molecular weight excluding hydrogens is 276 g/mol. The van der Waals surface area contributed by atoms with Gasteiger partial charge >= 0.3 is 5.97 Å². The average Bonchev–Trinajstić information content (AvgIpc) is 2.84. The SMILES string of the molecule is Cc1cc(-c2ccc(Cl)cc2)cn2c(C(=O)O)cnc12. The Balaban J connectivity index is 2.24.